The monoisotopic (exact) mass is 419 g/mol. The van der Waals surface area contributed by atoms with Crippen molar-refractivity contribution in [2.75, 3.05) is 45.2 Å². The molecule has 0 radical (unpaired) electrons. The summed E-state index contributed by atoms with van der Waals surface area (Å²) < 4.78 is 29.5. The number of aryl methyl sites for hydroxylation is 2. The molecule has 1 aromatic carbocycles. The minimum absolute atomic E-state index is 0.0679. The predicted molar refractivity (Wildman–Crippen MR) is 113 cm³/mol. The van der Waals surface area contributed by atoms with Crippen LogP contribution >= 0.6 is 0 Å². The number of rotatable bonds is 4. The molecule has 0 saturated carbocycles. The number of carbonyl (C=O) groups is 1. The van der Waals surface area contributed by atoms with Crippen molar-refractivity contribution < 1.29 is 13.2 Å². The van der Waals surface area contributed by atoms with Gasteiger partial charge in [-0.3, -0.25) is 9.48 Å². The second-order valence-corrected chi connectivity index (χ2v) is 9.49. The van der Waals surface area contributed by atoms with Gasteiger partial charge in [0.2, 0.25) is 10.0 Å². The minimum atomic E-state index is -3.65. The summed E-state index contributed by atoms with van der Waals surface area (Å²) in [4.78, 5) is 17.0. The highest BCUT2D eigenvalue weighted by Gasteiger charge is 2.32. The molecule has 1 fully saturated rings. The summed E-state index contributed by atoms with van der Waals surface area (Å²) in [6, 6.07) is 7.48. The molecular formula is C20H29N5O3S. The number of anilines is 1. The van der Waals surface area contributed by atoms with E-state index in [2.05, 4.69) is 5.10 Å². The van der Waals surface area contributed by atoms with Crippen LogP contribution in [0.4, 0.5) is 5.69 Å². The van der Waals surface area contributed by atoms with E-state index in [9.17, 15) is 13.2 Å². The summed E-state index contributed by atoms with van der Waals surface area (Å²) in [5, 5.41) is 4.24. The van der Waals surface area contributed by atoms with Gasteiger partial charge in [-0.05, 0) is 38.5 Å². The zero-order valence-electron chi connectivity index (χ0n) is 17.7. The molecule has 1 saturated heterocycles. The summed E-state index contributed by atoms with van der Waals surface area (Å²) >= 11 is 0. The van der Waals surface area contributed by atoms with E-state index in [4.69, 9.17) is 0 Å². The van der Waals surface area contributed by atoms with E-state index < -0.39 is 10.0 Å². The van der Waals surface area contributed by atoms with Crippen LogP contribution in [0, 0.1) is 13.8 Å². The highest BCUT2D eigenvalue weighted by molar-refractivity contribution is 7.89. The zero-order chi connectivity index (χ0) is 21.3. The lowest BCUT2D eigenvalue weighted by atomic mass is 10.1. The van der Waals surface area contributed by atoms with Crippen molar-refractivity contribution >= 4 is 21.6 Å². The fourth-order valence-electron chi connectivity index (χ4n) is 3.69. The first-order valence-electron chi connectivity index (χ1n) is 9.70. The van der Waals surface area contributed by atoms with Crippen LogP contribution in [0.25, 0.3) is 0 Å². The van der Waals surface area contributed by atoms with Crippen LogP contribution in [0.2, 0.25) is 0 Å². The fourth-order valence-corrected chi connectivity index (χ4v) is 5.56. The Labute approximate surface area is 172 Å². The van der Waals surface area contributed by atoms with E-state index in [0.29, 0.717) is 43.0 Å². The van der Waals surface area contributed by atoms with Gasteiger partial charge < -0.3 is 9.80 Å². The Morgan fingerprint density at radius 3 is 2.45 bits per heavy atom. The topological polar surface area (TPSA) is 78.8 Å². The molecule has 1 amide bonds. The van der Waals surface area contributed by atoms with Gasteiger partial charge in [-0.25, -0.2) is 8.42 Å². The second-order valence-electron chi connectivity index (χ2n) is 7.62. The van der Waals surface area contributed by atoms with Gasteiger partial charge in [0.25, 0.3) is 5.91 Å². The Kier molecular flexibility index (Phi) is 6.00. The number of aromatic nitrogens is 2. The first-order valence-corrected chi connectivity index (χ1v) is 11.1. The van der Waals surface area contributed by atoms with Gasteiger partial charge in [0.15, 0.2) is 0 Å². The Morgan fingerprint density at radius 1 is 1.10 bits per heavy atom. The number of nitrogens with zero attached hydrogens (tertiary/aromatic N) is 5. The van der Waals surface area contributed by atoms with E-state index in [-0.39, 0.29) is 17.3 Å². The third kappa shape index (κ3) is 4.16. The van der Waals surface area contributed by atoms with Crippen LogP contribution in [0.15, 0.2) is 29.2 Å². The SMILES string of the molecule is Cc1nn(C)c(C)c1S(=O)(=O)N1CCCN(C(=O)c2cccc(N(C)C)c2)CC1. The van der Waals surface area contributed by atoms with Crippen molar-refractivity contribution in [3.05, 3.63) is 41.2 Å². The van der Waals surface area contributed by atoms with Crippen LogP contribution in [-0.2, 0) is 17.1 Å². The maximum absolute atomic E-state index is 13.2. The first-order chi connectivity index (χ1) is 13.6. The molecule has 2 aromatic rings. The van der Waals surface area contributed by atoms with Gasteiger partial charge in [0.05, 0.1) is 11.4 Å². The molecule has 158 valence electrons. The minimum Gasteiger partial charge on any atom is -0.378 e. The van der Waals surface area contributed by atoms with Gasteiger partial charge in [0, 0.05) is 58.6 Å². The van der Waals surface area contributed by atoms with Gasteiger partial charge in [-0.15, -0.1) is 0 Å². The molecule has 1 aromatic heterocycles. The average molecular weight is 420 g/mol. The molecular weight excluding hydrogens is 390 g/mol. The van der Waals surface area contributed by atoms with Crippen molar-refractivity contribution in [2.45, 2.75) is 25.2 Å². The van der Waals surface area contributed by atoms with Gasteiger partial charge in [-0.1, -0.05) is 6.07 Å². The van der Waals surface area contributed by atoms with Crippen molar-refractivity contribution in [3.8, 4) is 0 Å². The highest BCUT2D eigenvalue weighted by Crippen LogP contribution is 2.24. The predicted octanol–water partition coefficient (Wildman–Crippen LogP) is 1.64. The van der Waals surface area contributed by atoms with Gasteiger partial charge in [-0.2, -0.15) is 9.40 Å². The summed E-state index contributed by atoms with van der Waals surface area (Å²) in [5.41, 5.74) is 2.70. The molecule has 1 aliphatic heterocycles. The molecule has 0 aliphatic carbocycles. The lowest BCUT2D eigenvalue weighted by Crippen LogP contribution is -2.37. The van der Waals surface area contributed by atoms with Gasteiger partial charge >= 0.3 is 0 Å². The summed E-state index contributed by atoms with van der Waals surface area (Å²) in [7, 11) is 1.95. The Bertz CT molecular complexity index is 1010. The number of carbonyl (C=O) groups excluding carboxylic acids is 1. The molecule has 1 aliphatic rings. The van der Waals surface area contributed by atoms with E-state index >= 15 is 0 Å². The largest absolute Gasteiger partial charge is 0.378 e. The number of sulfonamides is 1. The summed E-state index contributed by atoms with van der Waals surface area (Å²) in [6.45, 7) is 5.03. The third-order valence-corrected chi connectivity index (χ3v) is 7.54. The van der Waals surface area contributed by atoms with E-state index in [0.717, 1.165) is 5.69 Å². The molecule has 0 unspecified atom stereocenters. The number of hydrogen-bond acceptors (Lipinski definition) is 5. The molecule has 0 bridgehead atoms. The maximum Gasteiger partial charge on any atom is 0.253 e. The van der Waals surface area contributed by atoms with Crippen LogP contribution in [0.5, 0.6) is 0 Å². The Hall–Kier alpha value is -2.39. The van der Waals surface area contributed by atoms with Crippen LogP contribution in [-0.4, -0.2) is 73.6 Å². The van der Waals surface area contributed by atoms with Gasteiger partial charge in [0.1, 0.15) is 4.90 Å². The number of amides is 1. The van der Waals surface area contributed by atoms with Crippen molar-refractivity contribution in [2.24, 2.45) is 7.05 Å². The van der Waals surface area contributed by atoms with E-state index in [1.165, 1.54) is 4.31 Å². The molecule has 0 atom stereocenters. The quantitative estimate of drug-likeness (QED) is 0.753. The molecule has 29 heavy (non-hydrogen) atoms. The molecule has 2 heterocycles. The Balaban J connectivity index is 1.78. The van der Waals surface area contributed by atoms with Crippen LogP contribution in [0.1, 0.15) is 28.2 Å². The standard InChI is InChI=1S/C20H29N5O3S/c1-15-19(16(2)23(5)21-15)29(27,28)25-11-7-10-24(12-13-25)20(26)17-8-6-9-18(14-17)22(3)4/h6,8-9,14H,7,10-13H2,1-5H3. The second kappa shape index (κ2) is 8.16. The number of hydrogen-bond donors (Lipinski definition) is 0. The molecule has 0 spiro atoms. The molecule has 0 N–H and O–H groups in total. The summed E-state index contributed by atoms with van der Waals surface area (Å²) in [5.74, 6) is -0.0679. The lowest BCUT2D eigenvalue weighted by molar-refractivity contribution is 0.0764. The van der Waals surface area contributed by atoms with Crippen molar-refractivity contribution in [1.29, 1.82) is 0 Å². The molecule has 3 rings (SSSR count). The lowest BCUT2D eigenvalue weighted by Gasteiger charge is -2.23. The molecule has 9 heteroatoms. The maximum atomic E-state index is 13.2. The van der Waals surface area contributed by atoms with E-state index in [1.807, 2.05) is 37.2 Å². The third-order valence-electron chi connectivity index (χ3n) is 5.39. The van der Waals surface area contributed by atoms with Crippen LogP contribution in [0.3, 0.4) is 0 Å². The van der Waals surface area contributed by atoms with E-state index in [1.54, 1.807) is 36.5 Å². The first kappa shape index (κ1) is 21.3. The fraction of sp³-hybridized carbons (Fsp3) is 0.500. The average Bonchev–Trinajstić information content (AvgIpc) is 2.85. The Morgan fingerprint density at radius 2 is 1.83 bits per heavy atom. The molecule has 8 nitrogen and oxygen atoms in total. The normalized spacial score (nSPS) is 16.0. The highest BCUT2D eigenvalue weighted by atomic mass is 32.2. The number of benzene rings is 1. The summed E-state index contributed by atoms with van der Waals surface area (Å²) in [6.07, 6.45) is 0.594. The zero-order valence-corrected chi connectivity index (χ0v) is 18.5. The van der Waals surface area contributed by atoms with Crippen LogP contribution < -0.4 is 4.90 Å². The van der Waals surface area contributed by atoms with Crippen molar-refractivity contribution in [1.82, 2.24) is 19.0 Å². The smallest absolute Gasteiger partial charge is 0.253 e. The van der Waals surface area contributed by atoms with Crippen molar-refractivity contribution in [3.63, 3.8) is 0 Å².